The van der Waals surface area contributed by atoms with Gasteiger partial charge in [-0.1, -0.05) is 53.5 Å². The van der Waals surface area contributed by atoms with Crippen molar-refractivity contribution >= 4 is 15.9 Å². The molecule has 0 amide bonds. The van der Waals surface area contributed by atoms with Gasteiger partial charge in [-0.05, 0) is 97.9 Å². The van der Waals surface area contributed by atoms with Crippen LogP contribution in [-0.2, 0) is 13.2 Å². The van der Waals surface area contributed by atoms with Crippen molar-refractivity contribution in [3.63, 3.8) is 0 Å². The molecule has 0 bridgehead atoms. The second kappa shape index (κ2) is 24.4. The minimum atomic E-state index is -0.310. The first-order chi connectivity index (χ1) is 27.5. The molecule has 0 aliphatic carbocycles. The highest BCUT2D eigenvalue weighted by Gasteiger charge is 2.07. The van der Waals surface area contributed by atoms with Gasteiger partial charge >= 0.3 is 0 Å². The van der Waals surface area contributed by atoms with Crippen LogP contribution >= 0.6 is 15.9 Å². The van der Waals surface area contributed by atoms with Crippen molar-refractivity contribution in [1.82, 2.24) is 14.9 Å². The summed E-state index contributed by atoms with van der Waals surface area (Å²) in [5.74, 6) is 1.24. The van der Waals surface area contributed by atoms with Gasteiger partial charge in [0.25, 0.3) is 11.1 Å². The number of nitrogens with one attached hydrogen (secondary N) is 2. The topological polar surface area (TPSA) is 144 Å². The first-order valence-electron chi connectivity index (χ1n) is 17.7. The van der Waals surface area contributed by atoms with Gasteiger partial charge in [0.2, 0.25) is 0 Å². The van der Waals surface area contributed by atoms with E-state index in [1.165, 1.54) is 80.3 Å². The van der Waals surface area contributed by atoms with E-state index in [1.807, 2.05) is 7.05 Å². The fourth-order valence-corrected chi connectivity index (χ4v) is 4.93. The average Bonchev–Trinajstić information content (AvgIpc) is 3.21. The van der Waals surface area contributed by atoms with Crippen LogP contribution in [0.2, 0.25) is 0 Å². The molecule has 0 fully saturated rings. The number of unbranched alkanes of at least 4 members (excludes halogenated alkanes) is 1. The van der Waals surface area contributed by atoms with Gasteiger partial charge in [0.1, 0.15) is 36.3 Å². The molecular weight excluding hydrogens is 804 g/mol. The Bertz CT molecular complexity index is 2210. The third kappa shape index (κ3) is 16.3. The highest BCUT2D eigenvalue weighted by atomic mass is 79.9. The summed E-state index contributed by atoms with van der Waals surface area (Å²) in [6.07, 6.45) is 5.69. The van der Waals surface area contributed by atoms with Gasteiger partial charge in [0.05, 0.1) is 19.9 Å². The lowest BCUT2D eigenvalue weighted by molar-refractivity contribution is 0.305. The van der Waals surface area contributed by atoms with Crippen molar-refractivity contribution in [3.05, 3.63) is 170 Å². The number of aromatic hydroxyl groups is 2. The average molecular weight is 851 g/mol. The molecule has 0 saturated heterocycles. The van der Waals surface area contributed by atoms with Gasteiger partial charge in [-0.15, -0.1) is 0 Å². The van der Waals surface area contributed by atoms with Crippen LogP contribution in [0, 0.1) is 11.6 Å². The number of H-pyrrole nitrogens is 1. The maximum atomic E-state index is 12.9. The molecule has 0 radical (unpaired) electrons. The Hall–Kier alpha value is -6.12. The zero-order valence-corrected chi connectivity index (χ0v) is 33.6. The summed E-state index contributed by atoms with van der Waals surface area (Å²) in [5.41, 5.74) is 1.71. The molecule has 0 saturated carbocycles. The van der Waals surface area contributed by atoms with Crippen molar-refractivity contribution < 1.29 is 37.9 Å². The molecule has 2 aromatic heterocycles. The van der Waals surface area contributed by atoms with E-state index >= 15 is 0 Å². The summed E-state index contributed by atoms with van der Waals surface area (Å²) in [5, 5.41) is 21.8. The molecule has 11 nitrogen and oxygen atoms in total. The fraction of sp³-hybridized carbons (Fsp3) is 0.209. The van der Waals surface area contributed by atoms with E-state index in [0.29, 0.717) is 29.5 Å². The van der Waals surface area contributed by atoms with Crippen molar-refractivity contribution in [2.24, 2.45) is 0 Å². The third-order valence-electron chi connectivity index (χ3n) is 7.64. The normalized spacial score (nSPS) is 10.0. The number of rotatable bonds is 12. The number of hydrogen-bond donors (Lipinski definition) is 4. The van der Waals surface area contributed by atoms with Crippen molar-refractivity contribution in [2.75, 3.05) is 27.8 Å². The van der Waals surface area contributed by atoms with E-state index in [0.717, 1.165) is 22.1 Å². The van der Waals surface area contributed by atoms with Crippen LogP contribution < -0.4 is 35.4 Å². The fourth-order valence-electron chi connectivity index (χ4n) is 4.59. The second-order valence-corrected chi connectivity index (χ2v) is 12.8. The molecule has 4 N–H and O–H groups in total. The molecule has 302 valence electrons. The zero-order chi connectivity index (χ0) is 41.6. The highest BCUT2D eigenvalue weighted by molar-refractivity contribution is 9.10. The number of benzene rings is 4. The largest absolute Gasteiger partial charge is 0.504 e. The number of aromatic nitrogens is 2. The Morgan fingerprint density at radius 2 is 1.26 bits per heavy atom. The number of phenols is 2. The van der Waals surface area contributed by atoms with Crippen LogP contribution in [0.1, 0.15) is 30.9 Å². The van der Waals surface area contributed by atoms with Crippen LogP contribution in [0.25, 0.3) is 5.69 Å². The summed E-state index contributed by atoms with van der Waals surface area (Å²) in [4.78, 5) is 25.8. The monoisotopic (exact) mass is 849 g/mol. The lowest BCUT2D eigenvalue weighted by Crippen LogP contribution is -2.16. The Kier molecular flexibility index (Phi) is 19.4. The summed E-state index contributed by atoms with van der Waals surface area (Å²) < 4.78 is 48.6. The molecule has 2 heterocycles. The van der Waals surface area contributed by atoms with Gasteiger partial charge in [-0.25, -0.2) is 8.78 Å². The van der Waals surface area contributed by atoms with Gasteiger partial charge in [0.15, 0.2) is 23.0 Å². The number of pyridine rings is 2. The third-order valence-corrected chi connectivity index (χ3v) is 8.13. The summed E-state index contributed by atoms with van der Waals surface area (Å²) in [7, 11) is 4.94. The lowest BCUT2D eigenvalue weighted by Gasteiger charge is -2.11. The quantitative estimate of drug-likeness (QED) is 0.0891. The first-order valence-corrected chi connectivity index (χ1v) is 18.5. The van der Waals surface area contributed by atoms with Gasteiger partial charge in [-0.3, -0.25) is 14.2 Å². The highest BCUT2D eigenvalue weighted by Crippen LogP contribution is 2.29. The number of methoxy groups -OCH3 is 2. The SMILES string of the molecule is CCCCNC.COc1cc(-n2ccc(OCc3ccc(F)cc3)cc2=O)ccc1O.COc1cc(Br)ccc1O.O=c1cc(OCc2ccc(F)cc2)cc[nH]1. The molecule has 6 rings (SSSR count). The predicted molar refractivity (Wildman–Crippen MR) is 220 cm³/mol. The van der Waals surface area contributed by atoms with Crippen LogP contribution in [0.15, 0.2) is 136 Å². The minimum absolute atomic E-state index is 0.00134. The van der Waals surface area contributed by atoms with Crippen molar-refractivity contribution in [2.45, 2.75) is 33.0 Å². The standard InChI is InChI=1S/C19H16FNO4.C12H10FNO2.C7H7BrO2.C5H13N/c1-24-18-10-15(6-7-17(18)22)21-9-8-16(11-19(21)23)25-12-13-2-4-14(20)5-3-13;13-10-3-1-9(2-4-10)8-16-11-5-6-14-12(15)7-11;1-10-7-4-5(8)2-3-6(7)9;1-3-4-5-6-2/h2-11,22H,12H2,1H3;1-7H,8H2,(H,14,15);2-4,9H,1H3;6H,3-5H2,1-2H3. The molecule has 0 aliphatic rings. The molecule has 0 atom stereocenters. The van der Waals surface area contributed by atoms with E-state index in [2.05, 4.69) is 33.2 Å². The van der Waals surface area contributed by atoms with Gasteiger partial charge in [0, 0.05) is 35.1 Å². The van der Waals surface area contributed by atoms with E-state index in [9.17, 15) is 23.5 Å². The molecule has 4 aromatic carbocycles. The molecule has 14 heteroatoms. The summed E-state index contributed by atoms with van der Waals surface area (Å²) in [6.45, 7) is 3.90. The van der Waals surface area contributed by atoms with Crippen LogP contribution in [0.3, 0.4) is 0 Å². The van der Waals surface area contributed by atoms with Crippen LogP contribution in [0.5, 0.6) is 34.5 Å². The smallest absolute Gasteiger partial charge is 0.258 e. The van der Waals surface area contributed by atoms with E-state index in [-0.39, 0.29) is 46.6 Å². The van der Waals surface area contributed by atoms with Crippen molar-refractivity contribution in [1.29, 1.82) is 0 Å². The molecule has 6 aromatic rings. The summed E-state index contributed by atoms with van der Waals surface area (Å²) >= 11 is 3.25. The predicted octanol–water partition coefficient (Wildman–Crippen LogP) is 8.53. The van der Waals surface area contributed by atoms with Gasteiger partial charge < -0.3 is 39.5 Å². The lowest BCUT2D eigenvalue weighted by atomic mass is 10.2. The molecule has 0 spiro atoms. The van der Waals surface area contributed by atoms with E-state index in [4.69, 9.17) is 24.1 Å². The summed E-state index contributed by atoms with van der Waals surface area (Å²) in [6, 6.07) is 27.7. The molecule has 57 heavy (non-hydrogen) atoms. The Morgan fingerprint density at radius 1 is 0.719 bits per heavy atom. The maximum Gasteiger partial charge on any atom is 0.258 e. The Labute approximate surface area is 338 Å². The maximum absolute atomic E-state index is 12.9. The number of nitrogens with zero attached hydrogens (tertiary/aromatic N) is 1. The van der Waals surface area contributed by atoms with Crippen LogP contribution in [-0.4, -0.2) is 47.6 Å². The van der Waals surface area contributed by atoms with E-state index < -0.39 is 0 Å². The zero-order valence-electron chi connectivity index (χ0n) is 32.0. The Morgan fingerprint density at radius 3 is 1.74 bits per heavy atom. The number of hydrogen-bond acceptors (Lipinski definition) is 9. The number of ether oxygens (including phenoxy) is 4. The Balaban J connectivity index is 0.000000231. The number of aromatic amines is 1. The first kappa shape index (κ1) is 45.3. The molecule has 0 unspecified atom stereocenters. The molecule has 0 aliphatic heterocycles. The van der Waals surface area contributed by atoms with E-state index in [1.54, 1.807) is 72.9 Å². The van der Waals surface area contributed by atoms with Crippen molar-refractivity contribution in [3.8, 4) is 40.2 Å². The number of phenolic OH excluding ortho intramolecular Hbond substituents is 2. The van der Waals surface area contributed by atoms with Gasteiger partial charge in [-0.2, -0.15) is 0 Å². The minimum Gasteiger partial charge on any atom is -0.504 e. The second-order valence-electron chi connectivity index (χ2n) is 11.9. The van der Waals surface area contributed by atoms with Crippen LogP contribution in [0.4, 0.5) is 8.78 Å². The number of halogens is 3. The molecular formula is C43H46BrF2N3O8.